The number of hydrogen-bond donors (Lipinski definition) is 1. The lowest BCUT2D eigenvalue weighted by Gasteiger charge is -2.10. The van der Waals surface area contributed by atoms with Crippen molar-refractivity contribution in [3.05, 3.63) is 36.5 Å². The fourth-order valence-electron chi connectivity index (χ4n) is 1.18. The Kier molecular flexibility index (Phi) is 5.50. The Morgan fingerprint density at radius 2 is 1.91 bits per heavy atom. The summed E-state index contributed by atoms with van der Waals surface area (Å²) in [5.74, 6) is -2.40. The van der Waals surface area contributed by atoms with Gasteiger partial charge in [0.05, 0.1) is 5.69 Å². The summed E-state index contributed by atoms with van der Waals surface area (Å²) < 4.78 is 86.2. The molecule has 1 aromatic heterocycles. The molecule has 0 spiro atoms. The quantitative estimate of drug-likeness (QED) is 0.567. The summed E-state index contributed by atoms with van der Waals surface area (Å²) in [5, 5.41) is 0. The number of aromatic nitrogens is 1. The molecule has 1 aromatic rings. The van der Waals surface area contributed by atoms with Crippen molar-refractivity contribution in [1.82, 2.24) is 9.11 Å². The maximum atomic E-state index is 12.2. The Morgan fingerprint density at radius 3 is 2.43 bits per heavy atom. The Labute approximate surface area is 129 Å². The molecule has 0 radical (unpaired) electrons. The second-order valence-corrected chi connectivity index (χ2v) is 7.54. The van der Waals surface area contributed by atoms with Crippen LogP contribution in [0.3, 0.4) is 0 Å². The van der Waals surface area contributed by atoms with Crippen molar-refractivity contribution in [2.75, 3.05) is 0 Å². The third-order valence-corrected chi connectivity index (χ3v) is 5.21. The summed E-state index contributed by atoms with van der Waals surface area (Å²) in [7, 11) is -11.0. The van der Waals surface area contributed by atoms with Crippen LogP contribution in [0.2, 0.25) is 0 Å². The number of nitrogens with zero attached hydrogens (tertiary/aromatic N) is 1. The van der Waals surface area contributed by atoms with Gasteiger partial charge in [-0.05, 0) is 6.07 Å². The Balaban J connectivity index is 2.97. The number of hydrogen-bond acceptors (Lipinski definition) is 7. The van der Waals surface area contributed by atoms with Crippen LogP contribution >= 0.6 is 0 Å². The predicted octanol–water partition coefficient (Wildman–Crippen LogP) is 0.442. The minimum absolute atomic E-state index is 0.332. The van der Waals surface area contributed by atoms with E-state index in [4.69, 9.17) is 0 Å². The lowest BCUT2D eigenvalue weighted by molar-refractivity contribution is -0.129. The second-order valence-electron chi connectivity index (χ2n) is 3.88. The summed E-state index contributed by atoms with van der Waals surface area (Å²) >= 11 is 0. The van der Waals surface area contributed by atoms with Gasteiger partial charge in [0.25, 0.3) is 0 Å². The van der Waals surface area contributed by atoms with Gasteiger partial charge in [-0.2, -0.15) is 13.2 Å². The van der Waals surface area contributed by atoms with Crippen LogP contribution in [-0.2, 0) is 30.6 Å². The van der Waals surface area contributed by atoms with E-state index in [1.54, 1.807) is 0 Å². The highest BCUT2D eigenvalue weighted by atomic mass is 32.3. The van der Waals surface area contributed by atoms with Crippen molar-refractivity contribution in [3.8, 4) is 5.88 Å². The zero-order valence-electron chi connectivity index (χ0n) is 11.1. The van der Waals surface area contributed by atoms with Crippen LogP contribution in [0.1, 0.15) is 5.69 Å². The third kappa shape index (κ3) is 5.61. The van der Waals surface area contributed by atoms with Gasteiger partial charge in [-0.1, -0.05) is 12.6 Å². The maximum Gasteiger partial charge on any atom is 0.512 e. The van der Waals surface area contributed by atoms with Gasteiger partial charge in [-0.3, -0.25) is 0 Å². The molecule has 0 unspecified atom stereocenters. The van der Waals surface area contributed by atoms with Gasteiger partial charge in [0, 0.05) is 12.1 Å². The topological polar surface area (TPSA) is 119 Å². The highest BCUT2D eigenvalue weighted by Gasteiger charge is 2.48. The number of alkyl halides is 3. The molecule has 0 fully saturated rings. The second kappa shape index (κ2) is 6.64. The Hall–Kier alpha value is -1.99. The average Bonchev–Trinajstić information content (AvgIpc) is 2.35. The maximum absolute atomic E-state index is 12.2. The minimum atomic E-state index is -6.07. The van der Waals surface area contributed by atoms with Gasteiger partial charge in [-0.25, -0.2) is 26.6 Å². The molecule has 0 aliphatic heterocycles. The lowest BCUT2D eigenvalue weighted by atomic mass is 10.4. The van der Waals surface area contributed by atoms with Crippen molar-refractivity contribution in [2.24, 2.45) is 0 Å². The third-order valence-electron chi connectivity index (χ3n) is 2.03. The number of halogens is 3. The molecule has 0 aromatic carbocycles. The van der Waals surface area contributed by atoms with Crippen LogP contribution in [0.5, 0.6) is 5.88 Å². The van der Waals surface area contributed by atoms with Crippen molar-refractivity contribution in [2.45, 2.75) is 11.3 Å². The van der Waals surface area contributed by atoms with E-state index < -0.39 is 37.3 Å². The number of rotatable bonds is 6. The van der Waals surface area contributed by atoms with E-state index in [1.807, 2.05) is 0 Å². The smallest absolute Gasteiger partial charge is 0.404 e. The highest BCUT2D eigenvalue weighted by Crippen LogP contribution is 2.22. The number of esters is 1. The molecule has 1 heterocycles. The number of pyridine rings is 1. The normalized spacial score (nSPS) is 12.7. The van der Waals surface area contributed by atoms with E-state index in [9.17, 15) is 34.8 Å². The molecule has 1 N–H and O–H groups in total. The molecule has 23 heavy (non-hydrogen) atoms. The summed E-state index contributed by atoms with van der Waals surface area (Å²) in [6, 6.07) is 3.48. The molecular formula is C10H9F3N2O6S2. The van der Waals surface area contributed by atoms with Gasteiger partial charge in [-0.15, -0.1) is 4.13 Å². The first-order valence-electron chi connectivity index (χ1n) is 5.49. The monoisotopic (exact) mass is 374 g/mol. The van der Waals surface area contributed by atoms with Gasteiger partial charge in [0.15, 0.2) is 0 Å². The molecule has 128 valence electrons. The summed E-state index contributed by atoms with van der Waals surface area (Å²) in [6.07, 6.45) is 0.808. The molecule has 0 saturated carbocycles. The molecule has 1 rings (SSSR count). The van der Waals surface area contributed by atoms with Gasteiger partial charge in [0.2, 0.25) is 15.9 Å². The first-order chi connectivity index (χ1) is 10.4. The van der Waals surface area contributed by atoms with Gasteiger partial charge >= 0.3 is 21.5 Å². The zero-order chi connectivity index (χ0) is 17.9. The lowest BCUT2D eigenvalue weighted by Crippen LogP contribution is -2.40. The number of ether oxygens (including phenoxy) is 1. The minimum Gasteiger partial charge on any atom is -0.404 e. The number of sulfonamides is 2. The van der Waals surface area contributed by atoms with E-state index in [1.165, 1.54) is 12.1 Å². The Bertz CT molecular complexity index is 817. The van der Waals surface area contributed by atoms with E-state index >= 15 is 0 Å². The fourth-order valence-corrected chi connectivity index (χ4v) is 3.68. The van der Waals surface area contributed by atoms with Crippen LogP contribution in [0.25, 0.3) is 0 Å². The van der Waals surface area contributed by atoms with Crippen LogP contribution in [0.4, 0.5) is 13.2 Å². The molecule has 0 bridgehead atoms. The van der Waals surface area contributed by atoms with Crippen LogP contribution < -0.4 is 8.86 Å². The molecular weight excluding hydrogens is 365 g/mol. The van der Waals surface area contributed by atoms with Crippen molar-refractivity contribution < 1.29 is 39.5 Å². The number of carbonyl (C=O) groups excluding carboxylic acids is 1. The van der Waals surface area contributed by atoms with Crippen molar-refractivity contribution in [1.29, 1.82) is 0 Å². The highest BCUT2D eigenvalue weighted by molar-refractivity contribution is 8.04. The molecule has 0 amide bonds. The molecule has 13 heteroatoms. The molecule has 0 aliphatic rings. The van der Waals surface area contributed by atoms with E-state index in [0.717, 1.165) is 12.1 Å². The van der Waals surface area contributed by atoms with Crippen LogP contribution in [-0.4, -0.2) is 33.3 Å². The predicted molar refractivity (Wildman–Crippen MR) is 70.8 cm³/mol. The van der Waals surface area contributed by atoms with E-state index in [-0.39, 0.29) is 11.6 Å². The van der Waals surface area contributed by atoms with Crippen LogP contribution in [0, 0.1) is 0 Å². The van der Waals surface area contributed by atoms with E-state index in [2.05, 4.69) is 16.3 Å². The SMILES string of the molecule is C=CC(=O)Oc1cccc(CS(=O)(=O)NS(=O)(=O)C(F)(F)F)n1. The first-order valence-corrected chi connectivity index (χ1v) is 8.62. The van der Waals surface area contributed by atoms with E-state index in [0.29, 0.717) is 4.13 Å². The number of nitrogens with one attached hydrogen (secondary N) is 1. The number of carbonyl (C=O) groups is 1. The van der Waals surface area contributed by atoms with Gasteiger partial charge in [0.1, 0.15) is 5.75 Å². The largest absolute Gasteiger partial charge is 0.512 e. The van der Waals surface area contributed by atoms with Gasteiger partial charge < -0.3 is 4.74 Å². The molecule has 0 aliphatic carbocycles. The zero-order valence-corrected chi connectivity index (χ0v) is 12.7. The van der Waals surface area contributed by atoms with Crippen molar-refractivity contribution >= 4 is 26.0 Å². The summed E-state index contributed by atoms with van der Waals surface area (Å²) in [5.41, 5.74) is -6.13. The molecule has 0 saturated heterocycles. The van der Waals surface area contributed by atoms with Crippen LogP contribution in [0.15, 0.2) is 30.9 Å². The first kappa shape index (κ1) is 19.1. The summed E-state index contributed by atoms with van der Waals surface area (Å²) in [6.45, 7) is 3.12. The molecule has 0 atom stereocenters. The summed E-state index contributed by atoms with van der Waals surface area (Å²) in [4.78, 5) is 14.5. The average molecular weight is 374 g/mol. The Morgan fingerprint density at radius 1 is 1.30 bits per heavy atom. The standard InChI is InChI=1S/C10H9F3N2O6S2/c1-2-9(16)21-8-5-3-4-7(14-8)6-22(17,18)15-23(19,20)10(11,12)13/h2-5,15H,1,6H2. The van der Waals surface area contributed by atoms with Crippen molar-refractivity contribution in [3.63, 3.8) is 0 Å². The molecule has 8 nitrogen and oxygen atoms in total. The fraction of sp³-hybridized carbons (Fsp3) is 0.200.